The molecule has 0 radical (unpaired) electrons. The molecule has 0 fully saturated rings. The van der Waals surface area contributed by atoms with Crippen LogP contribution in [0.4, 0.5) is 0 Å². The molecule has 0 aliphatic rings. The summed E-state index contributed by atoms with van der Waals surface area (Å²) in [6, 6.07) is 8.10. The Bertz CT molecular complexity index is 395. The third kappa shape index (κ3) is 10.3. The first-order chi connectivity index (χ1) is 11.1. The Morgan fingerprint density at radius 2 is 1.74 bits per heavy atom. The molecule has 0 heterocycles. The summed E-state index contributed by atoms with van der Waals surface area (Å²) in [6.45, 7) is 9.59. The van der Waals surface area contributed by atoms with Gasteiger partial charge in [-0.25, -0.2) is 0 Å². The van der Waals surface area contributed by atoms with Gasteiger partial charge in [0, 0.05) is 19.2 Å². The molecule has 0 unspecified atom stereocenters. The highest BCUT2D eigenvalue weighted by atomic mass is 16.5. The minimum atomic E-state index is -0.511. The fourth-order valence-electron chi connectivity index (χ4n) is 1.86. The van der Waals surface area contributed by atoms with E-state index >= 15 is 0 Å². The van der Waals surface area contributed by atoms with Crippen molar-refractivity contribution in [2.24, 2.45) is 0 Å². The zero-order chi connectivity index (χ0) is 16.9. The Morgan fingerprint density at radius 3 is 2.39 bits per heavy atom. The number of rotatable bonds is 13. The number of hydrogen-bond acceptors (Lipinski definition) is 5. The van der Waals surface area contributed by atoms with Gasteiger partial charge in [-0.15, -0.1) is 0 Å². The number of ether oxygens (including phenoxy) is 3. The van der Waals surface area contributed by atoms with Gasteiger partial charge in [0.25, 0.3) is 0 Å². The van der Waals surface area contributed by atoms with Crippen molar-refractivity contribution >= 4 is 0 Å². The Labute approximate surface area is 139 Å². The number of benzene rings is 1. The number of hydrogen-bond donors (Lipinski definition) is 2. The monoisotopic (exact) mass is 325 g/mol. The molecule has 0 amide bonds. The van der Waals surface area contributed by atoms with Crippen LogP contribution in [0.2, 0.25) is 0 Å². The zero-order valence-electron chi connectivity index (χ0n) is 14.6. The molecule has 1 aromatic rings. The van der Waals surface area contributed by atoms with Crippen LogP contribution in [0.3, 0.4) is 0 Å². The lowest BCUT2D eigenvalue weighted by Gasteiger charge is -2.15. The molecular formula is C18H31NO4. The topological polar surface area (TPSA) is 60.0 Å². The van der Waals surface area contributed by atoms with Crippen LogP contribution in [0.1, 0.15) is 32.8 Å². The normalized spacial score (nSPS) is 12.6. The smallest absolute Gasteiger partial charge is 0.119 e. The summed E-state index contributed by atoms with van der Waals surface area (Å²) in [5.74, 6) is 0.753. The van der Waals surface area contributed by atoms with Gasteiger partial charge in [0.2, 0.25) is 0 Å². The molecule has 0 aromatic heterocycles. The first-order valence-electron chi connectivity index (χ1n) is 8.40. The lowest BCUT2D eigenvalue weighted by atomic mass is 10.2. The fourth-order valence-corrected chi connectivity index (χ4v) is 1.86. The van der Waals surface area contributed by atoms with E-state index in [0.717, 1.165) is 24.3 Å². The Balaban J connectivity index is 2.17. The standard InChI is InChI=1S/C18H31NO4/c1-4-9-21-10-11-22-13-16-5-7-18(8-6-16)23-14-17(20)12-19-15(2)3/h5-8,15,17,19-20H,4,9-14H2,1-3H3/t17-/m0/s1. The largest absolute Gasteiger partial charge is 0.491 e. The van der Waals surface area contributed by atoms with E-state index in [1.807, 2.05) is 38.1 Å². The van der Waals surface area contributed by atoms with E-state index in [1.165, 1.54) is 0 Å². The Kier molecular flexibility index (Phi) is 10.6. The molecule has 0 spiro atoms. The first-order valence-corrected chi connectivity index (χ1v) is 8.40. The van der Waals surface area contributed by atoms with Crippen molar-refractivity contribution in [3.8, 4) is 5.75 Å². The zero-order valence-corrected chi connectivity index (χ0v) is 14.6. The van der Waals surface area contributed by atoms with Gasteiger partial charge in [-0.05, 0) is 24.1 Å². The van der Waals surface area contributed by atoms with Crippen LogP contribution in [0, 0.1) is 0 Å². The Hall–Kier alpha value is -1.14. The molecule has 0 aliphatic heterocycles. The summed E-state index contributed by atoms with van der Waals surface area (Å²) in [5, 5.41) is 13.0. The van der Waals surface area contributed by atoms with Crippen molar-refractivity contribution in [2.45, 2.75) is 45.9 Å². The number of aliphatic hydroxyl groups is 1. The van der Waals surface area contributed by atoms with Gasteiger partial charge >= 0.3 is 0 Å². The first kappa shape index (κ1) is 19.9. The predicted octanol–water partition coefficient (Wildman–Crippen LogP) is 2.37. The molecule has 5 heteroatoms. The second-order valence-corrected chi connectivity index (χ2v) is 5.84. The lowest BCUT2D eigenvalue weighted by molar-refractivity contribution is 0.0408. The number of aliphatic hydroxyl groups excluding tert-OH is 1. The fraction of sp³-hybridized carbons (Fsp3) is 0.667. The molecule has 1 atom stereocenters. The third-order valence-electron chi connectivity index (χ3n) is 3.12. The summed E-state index contributed by atoms with van der Waals surface area (Å²) in [7, 11) is 0. The maximum absolute atomic E-state index is 9.80. The number of nitrogens with one attached hydrogen (secondary N) is 1. The lowest BCUT2D eigenvalue weighted by Crippen LogP contribution is -2.35. The van der Waals surface area contributed by atoms with Crippen LogP contribution in [0.5, 0.6) is 5.75 Å². The summed E-state index contributed by atoms with van der Waals surface area (Å²) in [6.07, 6.45) is 0.521. The Morgan fingerprint density at radius 1 is 1.04 bits per heavy atom. The van der Waals surface area contributed by atoms with Gasteiger partial charge in [0.1, 0.15) is 18.5 Å². The van der Waals surface area contributed by atoms with Gasteiger partial charge in [-0.1, -0.05) is 32.9 Å². The van der Waals surface area contributed by atoms with Crippen LogP contribution < -0.4 is 10.1 Å². The van der Waals surface area contributed by atoms with Crippen molar-refractivity contribution in [2.75, 3.05) is 33.0 Å². The quantitative estimate of drug-likeness (QED) is 0.545. The van der Waals surface area contributed by atoms with E-state index in [9.17, 15) is 5.11 Å². The van der Waals surface area contributed by atoms with Gasteiger partial charge < -0.3 is 24.6 Å². The summed E-state index contributed by atoms with van der Waals surface area (Å²) >= 11 is 0. The van der Waals surface area contributed by atoms with E-state index in [0.29, 0.717) is 32.4 Å². The van der Waals surface area contributed by atoms with Gasteiger partial charge in [0.15, 0.2) is 0 Å². The molecule has 2 N–H and O–H groups in total. The molecule has 1 aromatic carbocycles. The highest BCUT2D eigenvalue weighted by Crippen LogP contribution is 2.13. The van der Waals surface area contributed by atoms with Crippen molar-refractivity contribution in [3.05, 3.63) is 29.8 Å². The molecule has 23 heavy (non-hydrogen) atoms. The summed E-state index contributed by atoms with van der Waals surface area (Å²) < 4.78 is 16.5. The van der Waals surface area contributed by atoms with Crippen molar-refractivity contribution in [1.82, 2.24) is 5.32 Å². The van der Waals surface area contributed by atoms with E-state index in [4.69, 9.17) is 14.2 Å². The van der Waals surface area contributed by atoms with Gasteiger partial charge in [0.05, 0.1) is 19.8 Å². The van der Waals surface area contributed by atoms with E-state index in [2.05, 4.69) is 12.2 Å². The second kappa shape index (κ2) is 12.3. The predicted molar refractivity (Wildman–Crippen MR) is 91.8 cm³/mol. The average Bonchev–Trinajstić information content (AvgIpc) is 2.55. The van der Waals surface area contributed by atoms with Crippen molar-refractivity contribution in [1.29, 1.82) is 0 Å². The van der Waals surface area contributed by atoms with E-state index in [1.54, 1.807) is 0 Å². The van der Waals surface area contributed by atoms with Gasteiger partial charge in [-0.2, -0.15) is 0 Å². The molecule has 0 saturated heterocycles. The highest BCUT2D eigenvalue weighted by molar-refractivity contribution is 5.26. The molecular weight excluding hydrogens is 294 g/mol. The van der Waals surface area contributed by atoms with Crippen LogP contribution in [-0.2, 0) is 16.1 Å². The molecule has 132 valence electrons. The van der Waals surface area contributed by atoms with Crippen molar-refractivity contribution in [3.63, 3.8) is 0 Å². The third-order valence-corrected chi connectivity index (χ3v) is 3.12. The molecule has 5 nitrogen and oxygen atoms in total. The van der Waals surface area contributed by atoms with E-state index in [-0.39, 0.29) is 6.61 Å². The average molecular weight is 325 g/mol. The molecule has 0 bridgehead atoms. The minimum absolute atomic E-state index is 0.282. The van der Waals surface area contributed by atoms with Crippen LogP contribution in [0.15, 0.2) is 24.3 Å². The maximum Gasteiger partial charge on any atom is 0.119 e. The summed E-state index contributed by atoms with van der Waals surface area (Å²) in [4.78, 5) is 0. The second-order valence-electron chi connectivity index (χ2n) is 5.84. The van der Waals surface area contributed by atoms with E-state index < -0.39 is 6.10 Å². The van der Waals surface area contributed by atoms with Crippen LogP contribution in [0.25, 0.3) is 0 Å². The molecule has 0 aliphatic carbocycles. The van der Waals surface area contributed by atoms with Gasteiger partial charge in [-0.3, -0.25) is 0 Å². The maximum atomic E-state index is 9.80. The van der Waals surface area contributed by atoms with Crippen molar-refractivity contribution < 1.29 is 19.3 Å². The summed E-state index contributed by atoms with van der Waals surface area (Å²) in [5.41, 5.74) is 1.09. The molecule has 1 rings (SSSR count). The minimum Gasteiger partial charge on any atom is -0.491 e. The highest BCUT2D eigenvalue weighted by Gasteiger charge is 2.06. The van der Waals surface area contributed by atoms with Crippen LogP contribution in [-0.4, -0.2) is 50.2 Å². The molecule has 0 saturated carbocycles. The van der Waals surface area contributed by atoms with Crippen LogP contribution >= 0.6 is 0 Å². The SMILES string of the molecule is CCCOCCOCc1ccc(OC[C@@H](O)CNC(C)C)cc1.